The Bertz CT molecular complexity index is 986. The highest BCUT2D eigenvalue weighted by atomic mass is 35.5. The third-order valence-corrected chi connectivity index (χ3v) is 6.64. The van der Waals surface area contributed by atoms with Crippen LogP contribution in [0.5, 0.6) is 0 Å². The van der Waals surface area contributed by atoms with E-state index in [0.717, 1.165) is 5.69 Å². The molecule has 2 atom stereocenters. The predicted octanol–water partition coefficient (Wildman–Crippen LogP) is 3.09. The molecule has 2 aromatic rings. The van der Waals surface area contributed by atoms with Crippen molar-refractivity contribution in [1.82, 2.24) is 9.29 Å². The Kier molecular flexibility index (Phi) is 6.04. The fourth-order valence-corrected chi connectivity index (χ4v) is 5.20. The number of benzene rings is 1. The lowest BCUT2D eigenvalue weighted by molar-refractivity contribution is -0.0440. The summed E-state index contributed by atoms with van der Waals surface area (Å²) in [6.45, 7) is 5.91. The molecule has 1 aliphatic rings. The van der Waals surface area contributed by atoms with Gasteiger partial charge >= 0.3 is 0 Å². The molecule has 0 spiro atoms. The first kappa shape index (κ1) is 20.7. The molecule has 1 aromatic heterocycles. The summed E-state index contributed by atoms with van der Waals surface area (Å²) < 4.78 is 33.2. The zero-order valence-corrected chi connectivity index (χ0v) is 17.4. The van der Waals surface area contributed by atoms with Crippen molar-refractivity contribution >= 4 is 33.3 Å². The zero-order chi connectivity index (χ0) is 20.5. The predicted molar refractivity (Wildman–Crippen MR) is 107 cm³/mol. The number of nitrogens with one attached hydrogen (secondary N) is 1. The van der Waals surface area contributed by atoms with Gasteiger partial charge in [-0.15, -0.1) is 0 Å². The van der Waals surface area contributed by atoms with Crippen molar-refractivity contribution in [3.05, 3.63) is 52.7 Å². The average molecular weight is 424 g/mol. The SMILES string of the molecule is Cc1cccc(NC(=O)c2ccc(Cl)c(S(=O)(=O)N3CC(C)OC(C)C3)c2)n1. The molecule has 1 aliphatic heterocycles. The van der Waals surface area contributed by atoms with Gasteiger partial charge in [0.25, 0.3) is 5.91 Å². The van der Waals surface area contributed by atoms with Crippen molar-refractivity contribution in [1.29, 1.82) is 0 Å². The van der Waals surface area contributed by atoms with Gasteiger partial charge in [-0.2, -0.15) is 4.31 Å². The van der Waals surface area contributed by atoms with E-state index in [1.54, 1.807) is 12.1 Å². The molecule has 28 heavy (non-hydrogen) atoms. The smallest absolute Gasteiger partial charge is 0.256 e. The molecule has 150 valence electrons. The van der Waals surface area contributed by atoms with E-state index < -0.39 is 15.9 Å². The van der Waals surface area contributed by atoms with E-state index in [2.05, 4.69) is 10.3 Å². The largest absolute Gasteiger partial charge is 0.373 e. The number of carbonyl (C=O) groups is 1. The van der Waals surface area contributed by atoms with Crippen LogP contribution in [0.1, 0.15) is 29.9 Å². The highest BCUT2D eigenvalue weighted by molar-refractivity contribution is 7.89. The number of rotatable bonds is 4. The van der Waals surface area contributed by atoms with Crippen LogP contribution in [-0.2, 0) is 14.8 Å². The van der Waals surface area contributed by atoms with E-state index >= 15 is 0 Å². The Hall–Kier alpha value is -2.00. The summed E-state index contributed by atoms with van der Waals surface area (Å²) in [5.41, 5.74) is 0.938. The van der Waals surface area contributed by atoms with Crippen molar-refractivity contribution in [2.75, 3.05) is 18.4 Å². The highest BCUT2D eigenvalue weighted by Crippen LogP contribution is 2.28. The van der Waals surface area contributed by atoms with Crippen LogP contribution in [0.4, 0.5) is 5.82 Å². The zero-order valence-electron chi connectivity index (χ0n) is 15.8. The molecule has 1 amide bonds. The van der Waals surface area contributed by atoms with Crippen LogP contribution in [0, 0.1) is 6.92 Å². The lowest BCUT2D eigenvalue weighted by Crippen LogP contribution is -2.48. The van der Waals surface area contributed by atoms with E-state index in [9.17, 15) is 13.2 Å². The van der Waals surface area contributed by atoms with E-state index in [1.807, 2.05) is 26.8 Å². The molecule has 9 heteroatoms. The first-order valence-electron chi connectivity index (χ1n) is 8.87. The number of hydrogen-bond donors (Lipinski definition) is 1. The van der Waals surface area contributed by atoms with Crippen LogP contribution in [0.15, 0.2) is 41.3 Å². The molecule has 2 unspecified atom stereocenters. The molecule has 0 bridgehead atoms. The number of sulfonamides is 1. The van der Waals surface area contributed by atoms with Crippen LogP contribution < -0.4 is 5.32 Å². The monoisotopic (exact) mass is 423 g/mol. The summed E-state index contributed by atoms with van der Waals surface area (Å²) in [7, 11) is -3.87. The van der Waals surface area contributed by atoms with Gasteiger partial charge < -0.3 is 10.1 Å². The number of pyridine rings is 1. The molecule has 7 nitrogen and oxygen atoms in total. The van der Waals surface area contributed by atoms with Gasteiger partial charge in [0.1, 0.15) is 10.7 Å². The molecule has 1 fully saturated rings. The highest BCUT2D eigenvalue weighted by Gasteiger charge is 2.33. The number of anilines is 1. The quantitative estimate of drug-likeness (QED) is 0.816. The summed E-state index contributed by atoms with van der Waals surface area (Å²) in [6, 6.07) is 9.45. The van der Waals surface area contributed by atoms with Crippen LogP contribution in [0.25, 0.3) is 0 Å². The lowest BCUT2D eigenvalue weighted by atomic mass is 10.2. The summed E-state index contributed by atoms with van der Waals surface area (Å²) >= 11 is 6.18. The Balaban J connectivity index is 1.89. The Morgan fingerprint density at radius 3 is 2.54 bits per heavy atom. The standard InChI is InChI=1S/C19H22ClN3O4S/c1-12-5-4-6-18(21-12)22-19(24)15-7-8-16(20)17(9-15)28(25,26)23-10-13(2)27-14(3)11-23/h4-9,13-14H,10-11H2,1-3H3,(H,21,22,24). The minimum atomic E-state index is -3.87. The van der Waals surface area contributed by atoms with E-state index in [-0.39, 0.29) is 40.8 Å². The van der Waals surface area contributed by atoms with Crippen molar-refractivity contribution < 1.29 is 17.9 Å². The third-order valence-electron chi connectivity index (χ3n) is 4.33. The summed E-state index contributed by atoms with van der Waals surface area (Å²) in [6.07, 6.45) is -0.452. The van der Waals surface area contributed by atoms with Gasteiger partial charge in [0.2, 0.25) is 10.0 Å². The Labute approximate surface area is 169 Å². The number of nitrogens with zero attached hydrogens (tertiary/aromatic N) is 2. The first-order chi connectivity index (χ1) is 13.2. The third kappa shape index (κ3) is 4.52. The molecular weight excluding hydrogens is 402 g/mol. The van der Waals surface area contributed by atoms with Crippen molar-refractivity contribution in [3.8, 4) is 0 Å². The van der Waals surface area contributed by atoms with Crippen LogP contribution in [0.2, 0.25) is 5.02 Å². The number of morpholine rings is 1. The number of aromatic nitrogens is 1. The molecular formula is C19H22ClN3O4S. The molecule has 1 N–H and O–H groups in total. The fraction of sp³-hybridized carbons (Fsp3) is 0.368. The van der Waals surface area contributed by atoms with Gasteiger partial charge in [0, 0.05) is 24.3 Å². The Morgan fingerprint density at radius 1 is 1.21 bits per heavy atom. The number of amides is 1. The molecule has 1 aromatic carbocycles. The van der Waals surface area contributed by atoms with Gasteiger partial charge in [-0.1, -0.05) is 17.7 Å². The fourth-order valence-electron chi connectivity index (χ4n) is 3.11. The van der Waals surface area contributed by atoms with Gasteiger partial charge in [-0.25, -0.2) is 13.4 Å². The molecule has 1 saturated heterocycles. The van der Waals surface area contributed by atoms with Gasteiger partial charge in [-0.3, -0.25) is 4.79 Å². The first-order valence-corrected chi connectivity index (χ1v) is 10.7. The maximum atomic E-state index is 13.1. The van der Waals surface area contributed by atoms with E-state index in [4.69, 9.17) is 16.3 Å². The number of halogens is 1. The van der Waals surface area contributed by atoms with Gasteiger partial charge in [-0.05, 0) is 51.1 Å². The van der Waals surface area contributed by atoms with Crippen molar-refractivity contribution in [2.24, 2.45) is 0 Å². The van der Waals surface area contributed by atoms with Gasteiger partial charge in [0.15, 0.2) is 0 Å². The van der Waals surface area contributed by atoms with Crippen molar-refractivity contribution in [2.45, 2.75) is 37.9 Å². The summed E-state index contributed by atoms with van der Waals surface area (Å²) in [5, 5.41) is 2.74. The van der Waals surface area contributed by atoms with Crippen molar-refractivity contribution in [3.63, 3.8) is 0 Å². The summed E-state index contributed by atoms with van der Waals surface area (Å²) in [5.74, 6) is -0.0740. The van der Waals surface area contributed by atoms with Crippen LogP contribution in [-0.4, -0.2) is 48.9 Å². The maximum Gasteiger partial charge on any atom is 0.256 e. The second kappa shape index (κ2) is 8.16. The second-order valence-corrected chi connectivity index (χ2v) is 9.16. The van der Waals surface area contributed by atoms with Crippen LogP contribution in [0.3, 0.4) is 0 Å². The minimum absolute atomic E-state index is 0.0667. The number of carbonyl (C=O) groups excluding carboxylic acids is 1. The minimum Gasteiger partial charge on any atom is -0.373 e. The Morgan fingerprint density at radius 2 is 1.89 bits per heavy atom. The molecule has 3 rings (SSSR count). The molecule has 0 saturated carbocycles. The van der Waals surface area contributed by atoms with E-state index in [0.29, 0.717) is 5.82 Å². The average Bonchev–Trinajstić information content (AvgIpc) is 2.61. The number of aryl methyl sites for hydroxylation is 1. The summed E-state index contributed by atoms with van der Waals surface area (Å²) in [4.78, 5) is 16.7. The van der Waals surface area contributed by atoms with E-state index in [1.165, 1.54) is 22.5 Å². The number of hydrogen-bond acceptors (Lipinski definition) is 5. The molecule has 0 radical (unpaired) electrons. The lowest BCUT2D eigenvalue weighted by Gasteiger charge is -2.34. The van der Waals surface area contributed by atoms with Crippen LogP contribution >= 0.6 is 11.6 Å². The maximum absolute atomic E-state index is 13.1. The normalized spacial score (nSPS) is 20.7. The molecule has 0 aliphatic carbocycles. The topological polar surface area (TPSA) is 88.6 Å². The molecule has 2 heterocycles. The van der Waals surface area contributed by atoms with Gasteiger partial charge in [0.05, 0.1) is 17.2 Å². The number of ether oxygens (including phenoxy) is 1. The second-order valence-electron chi connectivity index (χ2n) is 6.84.